The second-order valence-corrected chi connectivity index (χ2v) is 11.7. The summed E-state index contributed by atoms with van der Waals surface area (Å²) in [6.45, 7) is 8.63. The highest BCUT2D eigenvalue weighted by molar-refractivity contribution is 7.88. The first-order chi connectivity index (χ1) is 15.0. The van der Waals surface area contributed by atoms with Gasteiger partial charge in [0.25, 0.3) is 0 Å². The van der Waals surface area contributed by atoms with Gasteiger partial charge in [0.1, 0.15) is 0 Å². The van der Waals surface area contributed by atoms with Crippen molar-refractivity contribution in [2.24, 2.45) is 5.92 Å². The summed E-state index contributed by atoms with van der Waals surface area (Å²) < 4.78 is 30.6. The smallest absolute Gasteiger partial charge is 0.410 e. The van der Waals surface area contributed by atoms with Crippen molar-refractivity contribution in [1.29, 1.82) is 0 Å². The lowest BCUT2D eigenvalue weighted by atomic mass is 9.90. The fraction of sp³-hybridized carbons (Fsp3) is 0.708. The van der Waals surface area contributed by atoms with Crippen molar-refractivity contribution in [3.63, 3.8) is 0 Å². The number of amides is 1. The minimum Gasteiger partial charge on any atom is -0.447 e. The van der Waals surface area contributed by atoms with Crippen LogP contribution in [0.5, 0.6) is 0 Å². The fourth-order valence-electron chi connectivity index (χ4n) is 4.62. The molecule has 180 valence electrons. The number of fused-ring (bicyclic) bond motifs is 1. The van der Waals surface area contributed by atoms with Gasteiger partial charge >= 0.3 is 6.09 Å². The molecule has 1 aromatic carbocycles. The summed E-state index contributed by atoms with van der Waals surface area (Å²) in [7, 11) is -1.00. The molecule has 0 bridgehead atoms. The van der Waals surface area contributed by atoms with Crippen LogP contribution >= 0.6 is 0 Å². The number of ether oxygens (including phenoxy) is 1. The van der Waals surface area contributed by atoms with Gasteiger partial charge in [0.15, 0.2) is 0 Å². The maximum atomic E-state index is 12.1. The molecule has 0 N–H and O–H groups in total. The number of hydrogen-bond donors (Lipinski definition) is 0. The van der Waals surface area contributed by atoms with E-state index in [4.69, 9.17) is 4.74 Å². The zero-order valence-electron chi connectivity index (χ0n) is 20.2. The molecule has 0 aliphatic carbocycles. The Morgan fingerprint density at radius 3 is 2.47 bits per heavy atom. The van der Waals surface area contributed by atoms with Crippen LogP contribution in [0.2, 0.25) is 0 Å². The molecule has 1 atom stereocenters. The number of rotatable bonds is 7. The number of anilines is 1. The van der Waals surface area contributed by atoms with Gasteiger partial charge in [-0.15, -0.1) is 0 Å². The number of sulfonamides is 1. The van der Waals surface area contributed by atoms with Crippen LogP contribution in [0.4, 0.5) is 10.5 Å². The molecule has 1 amide bonds. The van der Waals surface area contributed by atoms with Crippen LogP contribution in [0.15, 0.2) is 18.2 Å². The van der Waals surface area contributed by atoms with Crippen molar-refractivity contribution in [3.8, 4) is 0 Å². The van der Waals surface area contributed by atoms with Crippen molar-refractivity contribution in [2.45, 2.75) is 71.6 Å². The van der Waals surface area contributed by atoms with Gasteiger partial charge in [0.2, 0.25) is 10.0 Å². The number of carbonyl (C=O) groups excluding carboxylic acids is 1. The Morgan fingerprint density at radius 2 is 1.84 bits per heavy atom. The lowest BCUT2D eigenvalue weighted by Crippen LogP contribution is -2.40. The van der Waals surface area contributed by atoms with E-state index in [1.165, 1.54) is 17.5 Å². The number of likely N-dealkylation sites (tertiary alicyclic amines) is 1. The first kappa shape index (κ1) is 24.8. The van der Waals surface area contributed by atoms with Crippen LogP contribution in [0.1, 0.15) is 57.6 Å². The van der Waals surface area contributed by atoms with Crippen molar-refractivity contribution in [1.82, 2.24) is 9.21 Å². The largest absolute Gasteiger partial charge is 0.447 e. The van der Waals surface area contributed by atoms with Gasteiger partial charge in [-0.3, -0.25) is 0 Å². The molecule has 0 aromatic heterocycles. The van der Waals surface area contributed by atoms with E-state index < -0.39 is 10.0 Å². The Hall–Kier alpha value is -1.80. The first-order valence-electron chi connectivity index (χ1n) is 11.8. The Labute approximate surface area is 193 Å². The maximum absolute atomic E-state index is 12.1. The quantitative estimate of drug-likeness (QED) is 0.611. The molecule has 0 radical (unpaired) electrons. The second kappa shape index (κ2) is 10.4. The molecule has 7 nitrogen and oxygen atoms in total. The van der Waals surface area contributed by atoms with Gasteiger partial charge < -0.3 is 14.5 Å². The Bertz CT molecular complexity index is 895. The predicted molar refractivity (Wildman–Crippen MR) is 128 cm³/mol. The standard InChI is InChI=1S/C24H39N3O4S/c1-18(2)31-24(28)26-13-10-20(11-14-26)7-6-19(3)25(4)23-9-8-22-17-27(32(5,29)30)15-12-21(22)16-23/h8-9,16,18-20H,6-7,10-15,17H2,1-5H3. The highest BCUT2D eigenvalue weighted by Crippen LogP contribution is 2.28. The molecule has 2 heterocycles. The van der Waals surface area contributed by atoms with E-state index in [0.717, 1.165) is 50.8 Å². The zero-order chi connectivity index (χ0) is 23.5. The van der Waals surface area contributed by atoms with E-state index >= 15 is 0 Å². The maximum Gasteiger partial charge on any atom is 0.410 e. The normalized spacial score (nSPS) is 19.0. The molecule has 1 fully saturated rings. The highest BCUT2D eigenvalue weighted by atomic mass is 32.2. The van der Waals surface area contributed by atoms with E-state index in [2.05, 4.69) is 37.1 Å². The first-order valence-corrected chi connectivity index (χ1v) is 13.6. The van der Waals surface area contributed by atoms with Crippen molar-refractivity contribution in [3.05, 3.63) is 29.3 Å². The van der Waals surface area contributed by atoms with E-state index in [0.29, 0.717) is 25.0 Å². The van der Waals surface area contributed by atoms with E-state index in [9.17, 15) is 13.2 Å². The monoisotopic (exact) mass is 465 g/mol. The molecule has 3 rings (SSSR count). The molecule has 8 heteroatoms. The van der Waals surface area contributed by atoms with Crippen LogP contribution in [0.25, 0.3) is 0 Å². The highest BCUT2D eigenvalue weighted by Gasteiger charge is 2.26. The van der Waals surface area contributed by atoms with Crippen LogP contribution in [-0.4, -0.2) is 68.8 Å². The average Bonchev–Trinajstić information content (AvgIpc) is 2.75. The van der Waals surface area contributed by atoms with Gasteiger partial charge in [-0.25, -0.2) is 13.2 Å². The molecular weight excluding hydrogens is 426 g/mol. The fourth-order valence-corrected chi connectivity index (χ4v) is 5.42. The second-order valence-electron chi connectivity index (χ2n) is 9.70. The molecule has 2 aliphatic heterocycles. The Kier molecular flexibility index (Phi) is 8.09. The Morgan fingerprint density at radius 1 is 1.16 bits per heavy atom. The minimum absolute atomic E-state index is 0.0705. The van der Waals surface area contributed by atoms with E-state index in [1.807, 2.05) is 18.7 Å². The summed E-state index contributed by atoms with van der Waals surface area (Å²) >= 11 is 0. The average molecular weight is 466 g/mol. The Balaban J connectivity index is 1.48. The predicted octanol–water partition coefficient (Wildman–Crippen LogP) is 3.87. The molecular formula is C24H39N3O4S. The molecule has 1 aromatic rings. The van der Waals surface area contributed by atoms with Crippen molar-refractivity contribution in [2.75, 3.05) is 37.8 Å². The summed E-state index contributed by atoms with van der Waals surface area (Å²) in [5, 5.41) is 0. The third-order valence-corrected chi connectivity index (χ3v) is 8.16. The number of hydrogen-bond acceptors (Lipinski definition) is 5. The topological polar surface area (TPSA) is 70.2 Å². The van der Waals surface area contributed by atoms with Gasteiger partial charge in [-0.2, -0.15) is 4.31 Å². The van der Waals surface area contributed by atoms with E-state index in [1.54, 1.807) is 4.31 Å². The summed E-state index contributed by atoms with van der Waals surface area (Å²) in [5.74, 6) is 0.652. The number of benzene rings is 1. The molecule has 0 spiro atoms. The summed E-state index contributed by atoms with van der Waals surface area (Å²) in [6, 6.07) is 6.83. The van der Waals surface area contributed by atoms with Crippen molar-refractivity contribution >= 4 is 21.8 Å². The van der Waals surface area contributed by atoms with E-state index in [-0.39, 0.29) is 12.2 Å². The molecule has 1 saturated heterocycles. The lowest BCUT2D eigenvalue weighted by molar-refractivity contribution is 0.0645. The minimum atomic E-state index is -3.15. The molecule has 2 aliphatic rings. The summed E-state index contributed by atoms with van der Waals surface area (Å²) in [4.78, 5) is 16.2. The van der Waals surface area contributed by atoms with Gasteiger partial charge in [-0.1, -0.05) is 6.07 Å². The van der Waals surface area contributed by atoms with Crippen molar-refractivity contribution < 1.29 is 17.9 Å². The third kappa shape index (κ3) is 6.38. The molecule has 0 saturated carbocycles. The SMILES string of the molecule is CC(C)OC(=O)N1CCC(CCC(C)N(C)c2ccc3c(c2)CCN(S(C)(=O)=O)C3)CC1. The van der Waals surface area contributed by atoms with Crippen LogP contribution in [0, 0.1) is 5.92 Å². The number of piperidine rings is 1. The molecule has 32 heavy (non-hydrogen) atoms. The number of nitrogens with zero attached hydrogens (tertiary/aromatic N) is 3. The van der Waals surface area contributed by atoms with Crippen LogP contribution < -0.4 is 4.90 Å². The van der Waals surface area contributed by atoms with Crippen LogP contribution in [-0.2, 0) is 27.7 Å². The molecule has 1 unspecified atom stereocenters. The number of carbonyl (C=O) groups is 1. The van der Waals surface area contributed by atoms with Gasteiger partial charge in [0, 0.05) is 45.0 Å². The third-order valence-electron chi connectivity index (χ3n) is 6.91. The van der Waals surface area contributed by atoms with Crippen LogP contribution in [0.3, 0.4) is 0 Å². The summed E-state index contributed by atoms with van der Waals surface area (Å²) in [6.07, 6.45) is 6.14. The summed E-state index contributed by atoms with van der Waals surface area (Å²) in [5.41, 5.74) is 3.55. The zero-order valence-corrected chi connectivity index (χ0v) is 21.0. The van der Waals surface area contributed by atoms with Gasteiger partial charge in [0.05, 0.1) is 12.4 Å². The lowest BCUT2D eigenvalue weighted by Gasteiger charge is -2.34. The van der Waals surface area contributed by atoms with Gasteiger partial charge in [-0.05, 0) is 82.1 Å².